The summed E-state index contributed by atoms with van der Waals surface area (Å²) >= 11 is 0. The highest BCUT2D eigenvalue weighted by atomic mass is 16.3. The normalized spacial score (nSPS) is 23.7. The predicted octanol–water partition coefficient (Wildman–Crippen LogP) is 1.16. The van der Waals surface area contributed by atoms with Crippen molar-refractivity contribution in [3.63, 3.8) is 0 Å². The fourth-order valence-corrected chi connectivity index (χ4v) is 3.85. The van der Waals surface area contributed by atoms with Gasteiger partial charge in [-0.2, -0.15) is 5.10 Å². The lowest BCUT2D eigenvalue weighted by atomic mass is 10.1. The molecule has 6 nitrogen and oxygen atoms in total. The largest absolute Gasteiger partial charge is 0.395 e. The minimum Gasteiger partial charge on any atom is -0.395 e. The van der Waals surface area contributed by atoms with Gasteiger partial charge in [-0.05, 0) is 32.4 Å². The van der Waals surface area contributed by atoms with Gasteiger partial charge in [0.15, 0.2) is 5.65 Å². The summed E-state index contributed by atoms with van der Waals surface area (Å²) in [7, 11) is 1.94. The number of hydrogen-bond donors (Lipinski definition) is 1. The van der Waals surface area contributed by atoms with E-state index in [1.165, 1.54) is 5.56 Å². The van der Waals surface area contributed by atoms with Crippen molar-refractivity contribution in [3.05, 3.63) is 23.5 Å². The van der Waals surface area contributed by atoms with Crippen molar-refractivity contribution in [2.24, 2.45) is 7.05 Å². The van der Waals surface area contributed by atoms with E-state index in [1.54, 1.807) is 0 Å². The molecule has 2 atom stereocenters. The maximum Gasteiger partial charge on any atom is 0.157 e. The van der Waals surface area contributed by atoms with Crippen LogP contribution in [-0.4, -0.2) is 68.0 Å². The average molecular weight is 317 g/mol. The van der Waals surface area contributed by atoms with Crippen molar-refractivity contribution in [2.75, 3.05) is 26.2 Å². The van der Waals surface area contributed by atoms with Gasteiger partial charge in [-0.3, -0.25) is 14.5 Å². The zero-order chi connectivity index (χ0) is 16.6. The van der Waals surface area contributed by atoms with Crippen molar-refractivity contribution in [1.29, 1.82) is 0 Å². The van der Waals surface area contributed by atoms with Crippen LogP contribution < -0.4 is 0 Å². The molecule has 0 unspecified atom stereocenters. The van der Waals surface area contributed by atoms with Crippen LogP contribution in [0.1, 0.15) is 25.1 Å². The number of aromatic nitrogens is 3. The van der Waals surface area contributed by atoms with E-state index in [-0.39, 0.29) is 6.61 Å². The van der Waals surface area contributed by atoms with Crippen LogP contribution in [0.3, 0.4) is 0 Å². The van der Waals surface area contributed by atoms with Gasteiger partial charge < -0.3 is 5.11 Å². The Morgan fingerprint density at radius 1 is 1.26 bits per heavy atom. The van der Waals surface area contributed by atoms with Crippen LogP contribution in [-0.2, 0) is 13.6 Å². The van der Waals surface area contributed by atoms with Gasteiger partial charge in [-0.15, -0.1) is 0 Å². The molecule has 1 N–H and O–H groups in total. The van der Waals surface area contributed by atoms with E-state index in [9.17, 15) is 5.11 Å². The van der Waals surface area contributed by atoms with Gasteiger partial charge in [-0.1, -0.05) is 0 Å². The van der Waals surface area contributed by atoms with Crippen LogP contribution in [0.5, 0.6) is 0 Å². The Labute approximate surface area is 137 Å². The van der Waals surface area contributed by atoms with Gasteiger partial charge in [0.2, 0.25) is 0 Å². The molecule has 2 aromatic heterocycles. The molecule has 0 amide bonds. The molecular formula is C17H27N5O. The quantitative estimate of drug-likeness (QED) is 0.917. The van der Waals surface area contributed by atoms with Crippen LogP contribution in [0.15, 0.2) is 12.3 Å². The first-order valence-corrected chi connectivity index (χ1v) is 8.36. The number of aliphatic hydroxyl groups is 1. The number of rotatable bonds is 4. The maximum atomic E-state index is 9.21. The molecule has 1 fully saturated rings. The predicted molar refractivity (Wildman–Crippen MR) is 91.2 cm³/mol. The first-order valence-electron chi connectivity index (χ1n) is 8.36. The smallest absolute Gasteiger partial charge is 0.157 e. The lowest BCUT2D eigenvalue weighted by Crippen LogP contribution is -2.56. The Bertz CT molecular complexity index is 671. The number of hydrogen-bond acceptors (Lipinski definition) is 5. The number of aryl methyl sites for hydroxylation is 2. The van der Waals surface area contributed by atoms with Gasteiger partial charge in [0.05, 0.1) is 12.3 Å². The monoisotopic (exact) mass is 317 g/mol. The standard InChI is InChI=1S/C17H27N5O/c1-12-9-21(10-13(2)22(12)5-6-23)11-15-7-16-14(3)19-20(4)17(16)18-8-15/h7-8,12-13,23H,5-6,9-11H2,1-4H3/t12-,13+. The Kier molecular flexibility index (Phi) is 4.66. The fraction of sp³-hybridized carbons (Fsp3) is 0.647. The summed E-state index contributed by atoms with van der Waals surface area (Å²) in [6, 6.07) is 3.14. The lowest BCUT2D eigenvalue weighted by molar-refractivity contribution is 0.0238. The number of aliphatic hydroxyl groups excluding tert-OH is 1. The highest BCUT2D eigenvalue weighted by Crippen LogP contribution is 2.20. The molecule has 23 heavy (non-hydrogen) atoms. The third-order valence-corrected chi connectivity index (χ3v) is 4.86. The molecule has 1 saturated heterocycles. The van der Waals surface area contributed by atoms with Crippen LogP contribution in [0.2, 0.25) is 0 Å². The highest BCUT2D eigenvalue weighted by Gasteiger charge is 2.28. The van der Waals surface area contributed by atoms with E-state index in [4.69, 9.17) is 0 Å². The summed E-state index contributed by atoms with van der Waals surface area (Å²) in [5.74, 6) is 0. The van der Waals surface area contributed by atoms with Crippen molar-refractivity contribution in [3.8, 4) is 0 Å². The van der Waals surface area contributed by atoms with Crippen molar-refractivity contribution in [2.45, 2.75) is 39.4 Å². The van der Waals surface area contributed by atoms with Gasteiger partial charge in [0.25, 0.3) is 0 Å². The van der Waals surface area contributed by atoms with Gasteiger partial charge >= 0.3 is 0 Å². The van der Waals surface area contributed by atoms with Crippen LogP contribution in [0.4, 0.5) is 0 Å². The number of piperazine rings is 1. The summed E-state index contributed by atoms with van der Waals surface area (Å²) in [6.45, 7) is 10.5. The minimum absolute atomic E-state index is 0.232. The van der Waals surface area contributed by atoms with Crippen molar-refractivity contribution >= 4 is 11.0 Å². The summed E-state index contributed by atoms with van der Waals surface area (Å²) in [5.41, 5.74) is 3.22. The van der Waals surface area contributed by atoms with E-state index in [1.807, 2.05) is 24.9 Å². The Morgan fingerprint density at radius 3 is 2.61 bits per heavy atom. The van der Waals surface area contributed by atoms with Crippen LogP contribution in [0.25, 0.3) is 11.0 Å². The summed E-state index contributed by atoms with van der Waals surface area (Å²) in [4.78, 5) is 9.46. The Morgan fingerprint density at radius 2 is 1.96 bits per heavy atom. The molecule has 0 aromatic carbocycles. The molecule has 6 heteroatoms. The van der Waals surface area contributed by atoms with Gasteiger partial charge in [0.1, 0.15) is 0 Å². The minimum atomic E-state index is 0.232. The van der Waals surface area contributed by atoms with Gasteiger partial charge in [-0.25, -0.2) is 4.98 Å². The molecule has 0 bridgehead atoms. The van der Waals surface area contributed by atoms with Gasteiger partial charge in [0, 0.05) is 56.9 Å². The van der Waals surface area contributed by atoms with Crippen molar-refractivity contribution < 1.29 is 5.11 Å². The maximum absolute atomic E-state index is 9.21. The zero-order valence-electron chi connectivity index (χ0n) is 14.5. The molecule has 3 rings (SSSR count). The first kappa shape index (κ1) is 16.4. The van der Waals surface area contributed by atoms with Crippen molar-refractivity contribution in [1.82, 2.24) is 24.6 Å². The lowest BCUT2D eigenvalue weighted by Gasteiger charge is -2.44. The number of β-amino-alcohol motifs (C(OH)–C–C–N with tert-alkyl or cyclic N) is 1. The first-order chi connectivity index (χ1) is 11.0. The molecule has 2 aromatic rings. The second-order valence-corrected chi connectivity index (χ2v) is 6.78. The second kappa shape index (κ2) is 6.55. The fourth-order valence-electron chi connectivity index (χ4n) is 3.85. The second-order valence-electron chi connectivity index (χ2n) is 6.78. The Hall–Kier alpha value is -1.50. The number of pyridine rings is 1. The molecule has 1 aliphatic rings. The molecular weight excluding hydrogens is 290 g/mol. The van der Waals surface area contributed by atoms with Crippen LogP contribution >= 0.6 is 0 Å². The third-order valence-electron chi connectivity index (χ3n) is 4.86. The molecule has 0 saturated carbocycles. The SMILES string of the molecule is Cc1nn(C)c2ncc(CN3C[C@@H](C)N(CCO)[C@@H](C)C3)cc12. The van der Waals surface area contributed by atoms with E-state index in [2.05, 4.69) is 39.8 Å². The summed E-state index contributed by atoms with van der Waals surface area (Å²) in [6.07, 6.45) is 1.97. The molecule has 0 aliphatic carbocycles. The average Bonchev–Trinajstić information content (AvgIpc) is 2.78. The van der Waals surface area contributed by atoms with E-state index in [0.717, 1.165) is 42.9 Å². The Balaban J connectivity index is 1.74. The molecule has 0 spiro atoms. The van der Waals surface area contributed by atoms with E-state index < -0.39 is 0 Å². The van der Waals surface area contributed by atoms with E-state index >= 15 is 0 Å². The third kappa shape index (κ3) is 3.24. The molecule has 3 heterocycles. The zero-order valence-corrected chi connectivity index (χ0v) is 14.5. The highest BCUT2D eigenvalue weighted by molar-refractivity contribution is 5.78. The van der Waals surface area contributed by atoms with Crippen LogP contribution in [0, 0.1) is 6.92 Å². The number of nitrogens with zero attached hydrogens (tertiary/aromatic N) is 5. The molecule has 126 valence electrons. The molecule has 1 aliphatic heterocycles. The summed E-state index contributed by atoms with van der Waals surface area (Å²) in [5, 5.41) is 14.8. The summed E-state index contributed by atoms with van der Waals surface area (Å²) < 4.78 is 1.84. The van der Waals surface area contributed by atoms with E-state index in [0.29, 0.717) is 12.1 Å². The molecule has 0 radical (unpaired) electrons. The number of fused-ring (bicyclic) bond motifs is 1. The topological polar surface area (TPSA) is 57.4 Å².